The maximum atomic E-state index is 12.2. The molecular weight excluding hydrogens is 258 g/mol. The second kappa shape index (κ2) is 5.94. The van der Waals surface area contributed by atoms with E-state index in [2.05, 4.69) is 0 Å². The Morgan fingerprint density at radius 3 is 2.65 bits per heavy atom. The SMILES string of the molecule is CC1(C(=O)O)CCCCN1C(=O)COc1ccccc1. The van der Waals surface area contributed by atoms with Crippen molar-refractivity contribution in [2.45, 2.75) is 31.7 Å². The van der Waals surface area contributed by atoms with Crippen LogP contribution in [0.25, 0.3) is 0 Å². The smallest absolute Gasteiger partial charge is 0.329 e. The first-order valence-corrected chi connectivity index (χ1v) is 6.76. The highest BCUT2D eigenvalue weighted by Crippen LogP contribution is 2.28. The van der Waals surface area contributed by atoms with Crippen LogP contribution in [0.1, 0.15) is 26.2 Å². The Morgan fingerprint density at radius 2 is 2.00 bits per heavy atom. The quantitative estimate of drug-likeness (QED) is 0.913. The van der Waals surface area contributed by atoms with Crippen LogP contribution < -0.4 is 4.74 Å². The standard InChI is InChI=1S/C15H19NO4/c1-15(14(18)19)9-5-6-10-16(15)13(17)11-20-12-7-3-2-4-8-12/h2-4,7-8H,5-6,9-11H2,1H3,(H,18,19). The fourth-order valence-corrected chi connectivity index (χ4v) is 2.48. The second-order valence-corrected chi connectivity index (χ2v) is 5.18. The average molecular weight is 277 g/mol. The van der Waals surface area contributed by atoms with Crippen molar-refractivity contribution >= 4 is 11.9 Å². The number of hydrogen-bond acceptors (Lipinski definition) is 3. The highest BCUT2D eigenvalue weighted by Gasteiger charge is 2.43. The third-order valence-electron chi connectivity index (χ3n) is 3.76. The maximum absolute atomic E-state index is 12.2. The fourth-order valence-electron chi connectivity index (χ4n) is 2.48. The fraction of sp³-hybridized carbons (Fsp3) is 0.467. The van der Waals surface area contributed by atoms with E-state index in [4.69, 9.17) is 4.74 Å². The van der Waals surface area contributed by atoms with E-state index in [1.54, 1.807) is 19.1 Å². The van der Waals surface area contributed by atoms with Gasteiger partial charge in [0.2, 0.25) is 0 Å². The summed E-state index contributed by atoms with van der Waals surface area (Å²) < 4.78 is 5.41. The summed E-state index contributed by atoms with van der Waals surface area (Å²) in [6.07, 6.45) is 2.14. The van der Waals surface area contributed by atoms with Crippen molar-refractivity contribution in [2.24, 2.45) is 0 Å². The van der Waals surface area contributed by atoms with Crippen molar-refractivity contribution in [1.29, 1.82) is 0 Å². The summed E-state index contributed by atoms with van der Waals surface area (Å²) in [6.45, 7) is 1.95. The number of carboxylic acids is 1. The number of ether oxygens (including phenoxy) is 1. The number of likely N-dealkylation sites (tertiary alicyclic amines) is 1. The van der Waals surface area contributed by atoms with Crippen molar-refractivity contribution in [3.8, 4) is 5.75 Å². The number of carbonyl (C=O) groups is 2. The highest BCUT2D eigenvalue weighted by atomic mass is 16.5. The van der Waals surface area contributed by atoms with Crippen LogP contribution in [0.4, 0.5) is 0 Å². The summed E-state index contributed by atoms with van der Waals surface area (Å²) in [5.74, 6) is -0.626. The average Bonchev–Trinajstić information content (AvgIpc) is 2.46. The summed E-state index contributed by atoms with van der Waals surface area (Å²) in [7, 11) is 0. The number of carbonyl (C=O) groups excluding carboxylic acids is 1. The molecule has 0 saturated carbocycles. The lowest BCUT2D eigenvalue weighted by molar-refractivity contribution is -0.161. The number of carboxylic acid groups (broad SMARTS) is 1. The van der Waals surface area contributed by atoms with Gasteiger partial charge in [0.05, 0.1) is 0 Å². The van der Waals surface area contributed by atoms with Gasteiger partial charge in [0.15, 0.2) is 6.61 Å². The van der Waals surface area contributed by atoms with Gasteiger partial charge in [-0.3, -0.25) is 4.79 Å². The Balaban J connectivity index is 2.02. The first kappa shape index (κ1) is 14.4. The zero-order valence-electron chi connectivity index (χ0n) is 11.5. The minimum Gasteiger partial charge on any atom is -0.484 e. The first-order chi connectivity index (χ1) is 9.54. The normalized spacial score (nSPS) is 22.4. The molecule has 1 unspecified atom stereocenters. The zero-order valence-corrected chi connectivity index (χ0v) is 11.5. The molecule has 0 aromatic heterocycles. The van der Waals surface area contributed by atoms with Crippen molar-refractivity contribution in [2.75, 3.05) is 13.2 Å². The van der Waals surface area contributed by atoms with Gasteiger partial charge in [0.1, 0.15) is 11.3 Å². The van der Waals surface area contributed by atoms with E-state index >= 15 is 0 Å². The van der Waals surface area contributed by atoms with Gasteiger partial charge in [-0.25, -0.2) is 4.79 Å². The molecule has 0 aliphatic carbocycles. The predicted octanol–water partition coefficient (Wildman–Crippen LogP) is 1.92. The third kappa shape index (κ3) is 2.92. The summed E-state index contributed by atoms with van der Waals surface area (Å²) in [5, 5.41) is 9.37. The van der Waals surface area contributed by atoms with E-state index in [9.17, 15) is 14.7 Å². The van der Waals surface area contributed by atoms with Gasteiger partial charge in [-0.2, -0.15) is 0 Å². The Bertz CT molecular complexity index is 488. The molecule has 2 rings (SSSR count). The number of aliphatic carboxylic acids is 1. The van der Waals surface area contributed by atoms with Gasteiger partial charge in [-0.1, -0.05) is 18.2 Å². The van der Waals surface area contributed by atoms with Crippen LogP contribution in [0.5, 0.6) is 5.75 Å². The zero-order chi connectivity index (χ0) is 14.6. The van der Waals surface area contributed by atoms with Crippen molar-refractivity contribution in [3.63, 3.8) is 0 Å². The van der Waals surface area contributed by atoms with E-state index in [-0.39, 0.29) is 12.5 Å². The van der Waals surface area contributed by atoms with Gasteiger partial charge < -0.3 is 14.7 Å². The number of piperidine rings is 1. The molecule has 108 valence electrons. The summed E-state index contributed by atoms with van der Waals surface area (Å²) >= 11 is 0. The number of benzene rings is 1. The van der Waals surface area contributed by atoms with Gasteiger partial charge in [-0.15, -0.1) is 0 Å². The van der Waals surface area contributed by atoms with Crippen LogP contribution in [0.15, 0.2) is 30.3 Å². The van der Waals surface area contributed by atoms with Gasteiger partial charge in [0, 0.05) is 6.54 Å². The topological polar surface area (TPSA) is 66.8 Å². The Kier molecular flexibility index (Phi) is 4.27. The molecule has 5 heteroatoms. The molecule has 1 fully saturated rings. The molecule has 1 aromatic rings. The third-order valence-corrected chi connectivity index (χ3v) is 3.76. The van der Waals surface area contributed by atoms with Crippen LogP contribution in [0, 0.1) is 0 Å². The van der Waals surface area contributed by atoms with E-state index < -0.39 is 11.5 Å². The molecule has 1 atom stereocenters. The molecule has 0 spiro atoms. The molecule has 1 saturated heterocycles. The van der Waals surface area contributed by atoms with Crippen LogP contribution in [-0.2, 0) is 9.59 Å². The second-order valence-electron chi connectivity index (χ2n) is 5.18. The molecule has 20 heavy (non-hydrogen) atoms. The van der Waals surface area contributed by atoms with E-state index in [0.717, 1.165) is 12.8 Å². The van der Waals surface area contributed by atoms with Crippen LogP contribution in [0.2, 0.25) is 0 Å². The Hall–Kier alpha value is -2.04. The number of amides is 1. The Labute approximate surface area is 118 Å². The number of hydrogen-bond donors (Lipinski definition) is 1. The molecule has 1 aliphatic rings. The lowest BCUT2D eigenvalue weighted by Gasteiger charge is -2.41. The van der Waals surface area contributed by atoms with E-state index in [0.29, 0.717) is 18.7 Å². The summed E-state index contributed by atoms with van der Waals surface area (Å²) in [5.41, 5.74) is -1.12. The van der Waals surface area contributed by atoms with Crippen LogP contribution in [-0.4, -0.2) is 40.6 Å². The summed E-state index contributed by atoms with van der Waals surface area (Å²) in [6, 6.07) is 9.03. The highest BCUT2D eigenvalue weighted by molar-refractivity contribution is 5.87. The minimum atomic E-state index is -1.12. The molecule has 0 radical (unpaired) electrons. The minimum absolute atomic E-state index is 0.132. The largest absolute Gasteiger partial charge is 0.484 e. The molecule has 1 heterocycles. The van der Waals surface area contributed by atoms with Gasteiger partial charge >= 0.3 is 5.97 Å². The molecule has 1 amide bonds. The Morgan fingerprint density at radius 1 is 1.30 bits per heavy atom. The number of para-hydroxylation sites is 1. The van der Waals surface area contributed by atoms with Crippen molar-refractivity contribution in [3.05, 3.63) is 30.3 Å². The van der Waals surface area contributed by atoms with Gasteiger partial charge in [0.25, 0.3) is 5.91 Å². The molecule has 5 nitrogen and oxygen atoms in total. The van der Waals surface area contributed by atoms with Crippen LogP contribution >= 0.6 is 0 Å². The van der Waals surface area contributed by atoms with Crippen molar-refractivity contribution in [1.82, 2.24) is 4.90 Å². The molecule has 1 N–H and O–H groups in total. The monoisotopic (exact) mass is 277 g/mol. The number of nitrogens with zero attached hydrogens (tertiary/aromatic N) is 1. The number of rotatable bonds is 4. The lowest BCUT2D eigenvalue weighted by Crippen LogP contribution is -2.58. The van der Waals surface area contributed by atoms with E-state index in [1.807, 2.05) is 18.2 Å². The van der Waals surface area contributed by atoms with Gasteiger partial charge in [-0.05, 0) is 38.3 Å². The molecule has 1 aliphatic heterocycles. The molecular formula is C15H19NO4. The van der Waals surface area contributed by atoms with E-state index in [1.165, 1.54) is 4.90 Å². The lowest BCUT2D eigenvalue weighted by atomic mass is 9.88. The predicted molar refractivity (Wildman–Crippen MR) is 73.5 cm³/mol. The van der Waals surface area contributed by atoms with Crippen LogP contribution in [0.3, 0.4) is 0 Å². The summed E-state index contributed by atoms with van der Waals surface area (Å²) in [4.78, 5) is 25.1. The molecule has 0 bridgehead atoms. The first-order valence-electron chi connectivity index (χ1n) is 6.76. The van der Waals surface area contributed by atoms with Crippen molar-refractivity contribution < 1.29 is 19.4 Å². The maximum Gasteiger partial charge on any atom is 0.329 e. The molecule has 1 aromatic carbocycles.